The maximum absolute atomic E-state index is 11.8. The maximum atomic E-state index is 11.8. The topological polar surface area (TPSA) is 43.8 Å². The second kappa shape index (κ2) is 2.69. The van der Waals surface area contributed by atoms with Crippen LogP contribution in [-0.4, -0.2) is 9.78 Å². The summed E-state index contributed by atoms with van der Waals surface area (Å²) < 4.78 is 24.7. The number of alkyl halides is 2. The van der Waals surface area contributed by atoms with Crippen molar-refractivity contribution in [3.05, 3.63) is 9.77 Å². The molecule has 10 heavy (non-hydrogen) atoms. The Hall–Kier alpha value is -0.400. The number of halogens is 3. The van der Waals surface area contributed by atoms with Gasteiger partial charge in [-0.15, -0.1) is 5.10 Å². The molecule has 0 fully saturated rings. The van der Waals surface area contributed by atoms with Crippen molar-refractivity contribution in [2.75, 3.05) is 5.73 Å². The lowest BCUT2D eigenvalue weighted by atomic mass is 10.7. The molecule has 0 bridgehead atoms. The van der Waals surface area contributed by atoms with Crippen LogP contribution >= 0.6 is 22.6 Å². The van der Waals surface area contributed by atoms with Gasteiger partial charge in [-0.3, -0.25) is 0 Å². The average molecular weight is 259 g/mol. The van der Waals surface area contributed by atoms with Crippen LogP contribution in [0.25, 0.3) is 0 Å². The Labute approximate surface area is 69.3 Å². The Kier molecular flexibility index (Phi) is 2.07. The molecule has 3 nitrogen and oxygen atoms in total. The zero-order chi connectivity index (χ0) is 7.72. The molecule has 0 radical (unpaired) electrons. The van der Waals surface area contributed by atoms with Gasteiger partial charge in [-0.2, -0.15) is 8.78 Å². The molecule has 0 aliphatic rings. The van der Waals surface area contributed by atoms with E-state index in [1.54, 1.807) is 0 Å². The molecule has 1 rings (SSSR count). The van der Waals surface area contributed by atoms with Crippen LogP contribution in [0.2, 0.25) is 0 Å². The maximum Gasteiger partial charge on any atom is 0.333 e. The Morgan fingerprint density at radius 3 is 2.50 bits per heavy atom. The fourth-order valence-electron chi connectivity index (χ4n) is 0.483. The van der Waals surface area contributed by atoms with E-state index in [4.69, 9.17) is 5.73 Å². The summed E-state index contributed by atoms with van der Waals surface area (Å²) in [6, 6.07) is 0. The van der Waals surface area contributed by atoms with Gasteiger partial charge in [0.05, 0.1) is 3.57 Å². The molecular formula is C4H4F2IN3. The first-order valence-corrected chi connectivity index (χ1v) is 3.47. The lowest BCUT2D eigenvalue weighted by molar-refractivity contribution is 0.0568. The first kappa shape index (κ1) is 7.70. The van der Waals surface area contributed by atoms with Crippen molar-refractivity contribution in [2.24, 2.45) is 0 Å². The molecule has 0 aliphatic carbocycles. The zero-order valence-corrected chi connectivity index (χ0v) is 6.92. The molecule has 2 N–H and O–H groups in total. The van der Waals surface area contributed by atoms with Crippen LogP contribution in [0.1, 0.15) is 6.55 Å². The van der Waals surface area contributed by atoms with Crippen molar-refractivity contribution in [1.29, 1.82) is 0 Å². The Balaban J connectivity index is 2.98. The largest absolute Gasteiger partial charge is 0.381 e. The molecule has 0 aromatic carbocycles. The minimum Gasteiger partial charge on any atom is -0.381 e. The molecule has 0 saturated carbocycles. The number of hydrogen-bond acceptors (Lipinski definition) is 2. The Bertz CT molecular complexity index is 215. The predicted octanol–water partition coefficient (Wildman–Crippen LogP) is 1.46. The van der Waals surface area contributed by atoms with E-state index in [1.807, 2.05) is 22.6 Å². The van der Waals surface area contributed by atoms with E-state index in [-0.39, 0.29) is 5.82 Å². The van der Waals surface area contributed by atoms with E-state index in [0.717, 1.165) is 0 Å². The first-order chi connectivity index (χ1) is 4.61. The van der Waals surface area contributed by atoms with E-state index < -0.39 is 6.55 Å². The molecular weight excluding hydrogens is 255 g/mol. The van der Waals surface area contributed by atoms with E-state index in [0.29, 0.717) is 8.25 Å². The number of nitrogen functional groups attached to an aromatic ring is 1. The van der Waals surface area contributed by atoms with Crippen LogP contribution in [0.5, 0.6) is 0 Å². The SMILES string of the molecule is Nc1nn(C(F)F)cc1I. The third-order valence-corrected chi connectivity index (χ3v) is 1.74. The van der Waals surface area contributed by atoms with Crippen LogP contribution in [0.4, 0.5) is 14.6 Å². The van der Waals surface area contributed by atoms with E-state index in [1.165, 1.54) is 6.20 Å². The molecule has 0 amide bonds. The molecule has 1 heterocycles. The highest BCUT2D eigenvalue weighted by Crippen LogP contribution is 2.16. The summed E-state index contributed by atoms with van der Waals surface area (Å²) in [5.41, 5.74) is 5.21. The van der Waals surface area contributed by atoms with Crippen molar-refractivity contribution in [2.45, 2.75) is 6.55 Å². The van der Waals surface area contributed by atoms with Crippen molar-refractivity contribution in [3.8, 4) is 0 Å². The monoisotopic (exact) mass is 259 g/mol. The van der Waals surface area contributed by atoms with E-state index >= 15 is 0 Å². The van der Waals surface area contributed by atoms with Gasteiger partial charge in [0.25, 0.3) is 0 Å². The summed E-state index contributed by atoms with van der Waals surface area (Å²) in [4.78, 5) is 0. The number of aromatic nitrogens is 2. The molecule has 0 saturated heterocycles. The third-order valence-electron chi connectivity index (χ3n) is 0.913. The fourth-order valence-corrected chi connectivity index (χ4v) is 0.877. The standard InChI is InChI=1S/C4H4F2IN3/c5-4(6)10-1-2(7)3(8)9-10/h1,4H,(H2,8,9). The third kappa shape index (κ3) is 1.36. The van der Waals surface area contributed by atoms with Gasteiger partial charge in [0.2, 0.25) is 0 Å². The molecule has 0 spiro atoms. The van der Waals surface area contributed by atoms with Gasteiger partial charge < -0.3 is 5.73 Å². The van der Waals surface area contributed by atoms with Crippen molar-refractivity contribution in [3.63, 3.8) is 0 Å². The number of rotatable bonds is 1. The highest BCUT2D eigenvalue weighted by Gasteiger charge is 2.08. The second-order valence-electron chi connectivity index (χ2n) is 1.62. The highest BCUT2D eigenvalue weighted by molar-refractivity contribution is 14.1. The lowest BCUT2D eigenvalue weighted by Gasteiger charge is -1.94. The number of hydrogen-bond donors (Lipinski definition) is 1. The second-order valence-corrected chi connectivity index (χ2v) is 2.78. The molecule has 56 valence electrons. The van der Waals surface area contributed by atoms with Gasteiger partial charge in [0.15, 0.2) is 5.82 Å². The number of nitrogens with two attached hydrogens (primary N) is 1. The van der Waals surface area contributed by atoms with Gasteiger partial charge >= 0.3 is 6.55 Å². The molecule has 0 unspecified atom stereocenters. The molecule has 0 atom stereocenters. The van der Waals surface area contributed by atoms with Crippen LogP contribution in [0.3, 0.4) is 0 Å². The summed E-state index contributed by atoms with van der Waals surface area (Å²) >= 11 is 1.84. The zero-order valence-electron chi connectivity index (χ0n) is 4.76. The molecule has 6 heteroatoms. The molecule has 1 aromatic heterocycles. The van der Waals surface area contributed by atoms with Crippen LogP contribution in [0, 0.1) is 3.57 Å². The fraction of sp³-hybridized carbons (Fsp3) is 0.250. The number of nitrogens with zero attached hydrogens (tertiary/aromatic N) is 2. The van der Waals surface area contributed by atoms with Gasteiger partial charge in [0.1, 0.15) is 0 Å². The summed E-state index contributed by atoms with van der Waals surface area (Å²) in [5, 5.41) is 3.35. The minimum atomic E-state index is -2.61. The van der Waals surface area contributed by atoms with Crippen LogP contribution in [0.15, 0.2) is 6.20 Å². The summed E-state index contributed by atoms with van der Waals surface area (Å²) in [7, 11) is 0. The van der Waals surface area contributed by atoms with Crippen molar-refractivity contribution < 1.29 is 8.78 Å². The quantitative estimate of drug-likeness (QED) is 0.776. The van der Waals surface area contributed by atoms with Crippen molar-refractivity contribution >= 4 is 28.4 Å². The summed E-state index contributed by atoms with van der Waals surface area (Å²) in [6.07, 6.45) is 1.19. The number of anilines is 1. The molecule has 0 aliphatic heterocycles. The minimum absolute atomic E-state index is 0.140. The van der Waals surface area contributed by atoms with Gasteiger partial charge in [0, 0.05) is 6.20 Å². The van der Waals surface area contributed by atoms with E-state index in [9.17, 15) is 8.78 Å². The summed E-state index contributed by atoms with van der Waals surface area (Å²) in [5.74, 6) is 0.140. The van der Waals surface area contributed by atoms with Crippen LogP contribution < -0.4 is 5.73 Å². The Morgan fingerprint density at radius 2 is 2.30 bits per heavy atom. The predicted molar refractivity (Wildman–Crippen MR) is 40.6 cm³/mol. The highest BCUT2D eigenvalue weighted by atomic mass is 127. The van der Waals surface area contributed by atoms with Gasteiger partial charge in [-0.1, -0.05) is 0 Å². The lowest BCUT2D eigenvalue weighted by Crippen LogP contribution is -1.98. The smallest absolute Gasteiger partial charge is 0.333 e. The van der Waals surface area contributed by atoms with Gasteiger partial charge in [-0.25, -0.2) is 4.68 Å². The average Bonchev–Trinajstić information content (AvgIpc) is 2.13. The Morgan fingerprint density at radius 1 is 1.70 bits per heavy atom. The first-order valence-electron chi connectivity index (χ1n) is 2.39. The van der Waals surface area contributed by atoms with E-state index in [2.05, 4.69) is 5.10 Å². The summed E-state index contributed by atoms with van der Waals surface area (Å²) in [6.45, 7) is -2.61. The normalized spacial score (nSPS) is 10.8. The van der Waals surface area contributed by atoms with Crippen molar-refractivity contribution in [1.82, 2.24) is 9.78 Å². The van der Waals surface area contributed by atoms with Crippen LogP contribution in [-0.2, 0) is 0 Å². The molecule has 1 aromatic rings. The van der Waals surface area contributed by atoms with Gasteiger partial charge in [-0.05, 0) is 22.6 Å².